The number of anilines is 1. The van der Waals surface area contributed by atoms with Crippen LogP contribution in [0.2, 0.25) is 0 Å². The van der Waals surface area contributed by atoms with Crippen LogP contribution in [0.1, 0.15) is 6.92 Å². The molecule has 1 aliphatic heterocycles. The molecule has 22 heavy (non-hydrogen) atoms. The molecule has 1 fully saturated rings. The van der Waals surface area contributed by atoms with Crippen LogP contribution >= 0.6 is 11.3 Å². The van der Waals surface area contributed by atoms with Crippen molar-refractivity contribution in [2.24, 2.45) is 0 Å². The van der Waals surface area contributed by atoms with Gasteiger partial charge in [-0.05, 0) is 12.1 Å². The molecule has 3 aromatic rings. The van der Waals surface area contributed by atoms with E-state index in [1.165, 1.54) is 0 Å². The number of fused-ring (bicyclic) bond motifs is 3. The van der Waals surface area contributed by atoms with Crippen LogP contribution in [0.5, 0.6) is 0 Å². The first-order valence-corrected chi connectivity index (χ1v) is 8.04. The Bertz CT molecular complexity index is 853. The maximum atomic E-state index is 11.4. The monoisotopic (exact) mass is 313 g/mol. The average Bonchev–Trinajstić information content (AvgIpc) is 2.93. The van der Waals surface area contributed by atoms with E-state index in [9.17, 15) is 4.79 Å². The quantitative estimate of drug-likeness (QED) is 0.687. The van der Waals surface area contributed by atoms with Crippen molar-refractivity contribution in [1.82, 2.24) is 19.9 Å². The maximum absolute atomic E-state index is 11.4. The van der Waals surface area contributed by atoms with Crippen molar-refractivity contribution < 1.29 is 4.79 Å². The number of thiophene rings is 1. The number of nitrogens with zero attached hydrogens (tertiary/aromatic N) is 5. The molecule has 0 aromatic carbocycles. The maximum Gasteiger partial charge on any atom is 0.219 e. The number of rotatable bonds is 1. The van der Waals surface area contributed by atoms with Crippen LogP contribution in [0.3, 0.4) is 0 Å². The van der Waals surface area contributed by atoms with E-state index in [0.717, 1.165) is 52.4 Å². The fourth-order valence-corrected chi connectivity index (χ4v) is 3.97. The Morgan fingerprint density at radius 3 is 2.77 bits per heavy atom. The highest BCUT2D eigenvalue weighted by Gasteiger charge is 2.22. The summed E-state index contributed by atoms with van der Waals surface area (Å²) in [7, 11) is 0. The van der Waals surface area contributed by atoms with Gasteiger partial charge in [-0.25, -0.2) is 15.0 Å². The molecule has 0 aliphatic carbocycles. The van der Waals surface area contributed by atoms with Crippen molar-refractivity contribution in [1.29, 1.82) is 0 Å². The second-order valence-electron chi connectivity index (χ2n) is 5.33. The number of hydrogen-bond acceptors (Lipinski definition) is 6. The third-order valence-corrected chi connectivity index (χ3v) is 5.13. The number of pyridine rings is 1. The molecule has 0 N–H and O–H groups in total. The summed E-state index contributed by atoms with van der Waals surface area (Å²) in [6, 6.07) is 3.98. The Kier molecular flexibility index (Phi) is 3.15. The Morgan fingerprint density at radius 2 is 2.00 bits per heavy atom. The Labute approximate surface area is 131 Å². The first-order chi connectivity index (χ1) is 10.7. The topological polar surface area (TPSA) is 62.2 Å². The van der Waals surface area contributed by atoms with E-state index in [2.05, 4.69) is 19.9 Å². The highest BCUT2D eigenvalue weighted by molar-refractivity contribution is 7.25. The van der Waals surface area contributed by atoms with Crippen LogP contribution in [0.4, 0.5) is 5.82 Å². The molecule has 0 atom stereocenters. The van der Waals surface area contributed by atoms with Crippen LogP contribution in [0, 0.1) is 0 Å². The summed E-state index contributed by atoms with van der Waals surface area (Å²) in [5.41, 5.74) is 0.965. The van der Waals surface area contributed by atoms with Crippen molar-refractivity contribution in [3.8, 4) is 0 Å². The van der Waals surface area contributed by atoms with Gasteiger partial charge in [0.1, 0.15) is 17.0 Å². The molecule has 6 nitrogen and oxygen atoms in total. The summed E-state index contributed by atoms with van der Waals surface area (Å²) in [5, 5.41) is 1.08. The van der Waals surface area contributed by atoms with Gasteiger partial charge in [-0.15, -0.1) is 11.3 Å². The summed E-state index contributed by atoms with van der Waals surface area (Å²) in [5.74, 6) is 1.09. The predicted octanol–water partition coefficient (Wildman–Crippen LogP) is 1.91. The van der Waals surface area contributed by atoms with Gasteiger partial charge in [-0.1, -0.05) is 0 Å². The van der Waals surface area contributed by atoms with Gasteiger partial charge in [0.05, 0.1) is 10.2 Å². The zero-order valence-corrected chi connectivity index (χ0v) is 13.0. The summed E-state index contributed by atoms with van der Waals surface area (Å²) in [6.07, 6.45) is 3.42. The summed E-state index contributed by atoms with van der Waals surface area (Å²) < 4.78 is 1.08. The van der Waals surface area contributed by atoms with Crippen LogP contribution < -0.4 is 4.90 Å². The minimum absolute atomic E-state index is 0.138. The predicted molar refractivity (Wildman–Crippen MR) is 87.2 cm³/mol. The van der Waals surface area contributed by atoms with Gasteiger partial charge in [0.2, 0.25) is 5.91 Å². The number of amides is 1. The minimum Gasteiger partial charge on any atom is -0.352 e. The third-order valence-electron chi connectivity index (χ3n) is 4.03. The number of hydrogen-bond donors (Lipinski definition) is 0. The van der Waals surface area contributed by atoms with Gasteiger partial charge in [-0.3, -0.25) is 4.79 Å². The molecule has 0 bridgehead atoms. The zero-order valence-electron chi connectivity index (χ0n) is 12.2. The third kappa shape index (κ3) is 2.09. The molecule has 0 unspecified atom stereocenters. The lowest BCUT2D eigenvalue weighted by molar-refractivity contribution is -0.129. The molecule has 1 saturated heterocycles. The fraction of sp³-hybridized carbons (Fsp3) is 0.333. The molecule has 0 spiro atoms. The van der Waals surface area contributed by atoms with Crippen molar-refractivity contribution in [3.63, 3.8) is 0 Å². The van der Waals surface area contributed by atoms with Crippen LogP contribution in [0.15, 0.2) is 24.7 Å². The van der Waals surface area contributed by atoms with Crippen molar-refractivity contribution in [3.05, 3.63) is 24.7 Å². The van der Waals surface area contributed by atoms with E-state index in [4.69, 9.17) is 0 Å². The van der Waals surface area contributed by atoms with E-state index < -0.39 is 0 Å². The Morgan fingerprint density at radius 1 is 1.18 bits per heavy atom. The zero-order chi connectivity index (χ0) is 15.1. The molecule has 112 valence electrons. The summed E-state index contributed by atoms with van der Waals surface area (Å²) in [4.78, 5) is 29.9. The first kappa shape index (κ1) is 13.4. The number of carbonyl (C=O) groups excluding carboxylic acids is 1. The second-order valence-corrected chi connectivity index (χ2v) is 6.33. The lowest BCUT2D eigenvalue weighted by atomic mass is 10.2. The molecule has 0 saturated carbocycles. The van der Waals surface area contributed by atoms with E-state index in [1.54, 1.807) is 30.8 Å². The molecule has 4 heterocycles. The van der Waals surface area contributed by atoms with Crippen molar-refractivity contribution in [2.75, 3.05) is 31.1 Å². The van der Waals surface area contributed by atoms with E-state index >= 15 is 0 Å². The molecular weight excluding hydrogens is 298 g/mol. The molecule has 3 aromatic heterocycles. The molecule has 0 radical (unpaired) electrons. The number of carbonyl (C=O) groups is 1. The highest BCUT2D eigenvalue weighted by Crippen LogP contribution is 2.36. The summed E-state index contributed by atoms with van der Waals surface area (Å²) in [6.45, 7) is 4.70. The number of piperazine rings is 1. The normalized spacial score (nSPS) is 15.7. The second kappa shape index (κ2) is 5.17. The largest absolute Gasteiger partial charge is 0.352 e. The SMILES string of the molecule is CC(=O)N1CCN(c2ncnc3c2sc2ncccc23)CC1. The first-order valence-electron chi connectivity index (χ1n) is 7.23. The van der Waals surface area contributed by atoms with Crippen LogP contribution in [-0.2, 0) is 4.79 Å². The average molecular weight is 313 g/mol. The Balaban J connectivity index is 1.75. The lowest BCUT2D eigenvalue weighted by Crippen LogP contribution is -2.48. The van der Waals surface area contributed by atoms with Gasteiger partial charge in [0.15, 0.2) is 0 Å². The Hall–Kier alpha value is -2.28. The molecule has 4 rings (SSSR count). The fourth-order valence-electron chi connectivity index (χ4n) is 2.86. The van der Waals surface area contributed by atoms with Gasteiger partial charge in [0, 0.05) is 44.7 Å². The van der Waals surface area contributed by atoms with Crippen molar-refractivity contribution in [2.45, 2.75) is 6.92 Å². The van der Waals surface area contributed by atoms with Crippen LogP contribution in [-0.4, -0.2) is 51.9 Å². The molecular formula is C15H15N5OS. The molecule has 1 amide bonds. The van der Waals surface area contributed by atoms with Gasteiger partial charge in [-0.2, -0.15) is 0 Å². The molecule has 1 aliphatic rings. The standard InChI is InChI=1S/C15H15N5OS/c1-10(21)19-5-7-20(8-6-19)14-13-12(17-9-18-14)11-3-2-4-16-15(11)22-13/h2-4,9H,5-8H2,1H3. The summed E-state index contributed by atoms with van der Waals surface area (Å²) >= 11 is 1.63. The van der Waals surface area contributed by atoms with Crippen molar-refractivity contribution >= 4 is 43.5 Å². The van der Waals surface area contributed by atoms with Gasteiger partial charge >= 0.3 is 0 Å². The van der Waals surface area contributed by atoms with E-state index in [1.807, 2.05) is 17.0 Å². The highest BCUT2D eigenvalue weighted by atomic mass is 32.1. The lowest BCUT2D eigenvalue weighted by Gasteiger charge is -2.34. The van der Waals surface area contributed by atoms with Gasteiger partial charge in [0.25, 0.3) is 0 Å². The van der Waals surface area contributed by atoms with E-state index in [-0.39, 0.29) is 5.91 Å². The molecule has 7 heteroatoms. The number of aromatic nitrogens is 3. The van der Waals surface area contributed by atoms with Crippen LogP contribution in [0.25, 0.3) is 20.4 Å². The van der Waals surface area contributed by atoms with Gasteiger partial charge < -0.3 is 9.80 Å². The minimum atomic E-state index is 0.138. The smallest absolute Gasteiger partial charge is 0.219 e. The van der Waals surface area contributed by atoms with E-state index in [0.29, 0.717) is 0 Å².